The molecule has 0 spiro atoms. The van der Waals surface area contributed by atoms with Crippen molar-refractivity contribution in [2.75, 3.05) is 7.11 Å². The first-order valence-electron chi connectivity index (χ1n) is 10.1. The molecule has 0 aliphatic heterocycles. The van der Waals surface area contributed by atoms with Crippen molar-refractivity contribution in [3.63, 3.8) is 0 Å². The molecule has 0 aliphatic carbocycles. The molecule has 2 aromatic heterocycles. The second-order valence-electron chi connectivity index (χ2n) is 7.24. The van der Waals surface area contributed by atoms with Gasteiger partial charge in [0.1, 0.15) is 6.61 Å². The van der Waals surface area contributed by atoms with Gasteiger partial charge in [-0.25, -0.2) is 0 Å². The lowest BCUT2D eigenvalue weighted by atomic mass is 10.2. The summed E-state index contributed by atoms with van der Waals surface area (Å²) in [5.74, 6) is 1.69. The van der Waals surface area contributed by atoms with Crippen molar-refractivity contribution in [2.45, 2.75) is 6.61 Å². The smallest absolute Gasteiger partial charge is 0.291 e. The number of benzene rings is 3. The zero-order chi connectivity index (χ0) is 22.8. The van der Waals surface area contributed by atoms with Gasteiger partial charge in [0, 0.05) is 10.6 Å². The number of hydrogen-bond donors (Lipinski definition) is 0. The third-order valence-electron chi connectivity index (χ3n) is 4.99. The number of hydrogen-bond acceptors (Lipinski definition) is 6. The molecule has 0 saturated heterocycles. The fourth-order valence-corrected chi connectivity index (χ4v) is 4.46. The van der Waals surface area contributed by atoms with Crippen molar-refractivity contribution in [3.8, 4) is 22.9 Å². The summed E-state index contributed by atoms with van der Waals surface area (Å²) in [6, 6.07) is 22.7. The van der Waals surface area contributed by atoms with Crippen LogP contribution in [0, 0.1) is 0 Å². The minimum atomic E-state index is -0.223. The predicted octanol–water partition coefficient (Wildman–Crippen LogP) is 4.61. The highest BCUT2D eigenvalue weighted by Gasteiger charge is 2.13. The summed E-state index contributed by atoms with van der Waals surface area (Å²) >= 11 is 7.34. The van der Waals surface area contributed by atoms with E-state index in [1.165, 1.54) is 15.9 Å². The highest BCUT2D eigenvalue weighted by atomic mass is 35.5. The second-order valence-corrected chi connectivity index (χ2v) is 8.69. The van der Waals surface area contributed by atoms with E-state index in [1.807, 2.05) is 60.7 Å². The molecule has 0 bridgehead atoms. The van der Waals surface area contributed by atoms with E-state index in [2.05, 4.69) is 10.1 Å². The van der Waals surface area contributed by atoms with E-state index in [0.29, 0.717) is 38.4 Å². The van der Waals surface area contributed by atoms with E-state index in [0.717, 1.165) is 16.7 Å². The first-order valence-corrected chi connectivity index (χ1v) is 11.3. The lowest BCUT2D eigenvalue weighted by Crippen LogP contribution is -2.23. The summed E-state index contributed by atoms with van der Waals surface area (Å²) in [5, 5.41) is 4.96. The van der Waals surface area contributed by atoms with Gasteiger partial charge in [0.25, 0.3) is 5.56 Å². The molecular formula is C25H18ClN3O3S. The van der Waals surface area contributed by atoms with E-state index >= 15 is 0 Å². The van der Waals surface area contributed by atoms with Gasteiger partial charge in [-0.2, -0.15) is 9.50 Å². The Bertz CT molecular complexity index is 1550. The van der Waals surface area contributed by atoms with Gasteiger partial charge < -0.3 is 9.47 Å². The topological polar surface area (TPSA) is 65.7 Å². The van der Waals surface area contributed by atoms with Gasteiger partial charge in [0.05, 0.1) is 11.6 Å². The van der Waals surface area contributed by atoms with E-state index in [9.17, 15) is 4.79 Å². The number of rotatable bonds is 6. The van der Waals surface area contributed by atoms with Crippen LogP contribution in [0.25, 0.3) is 22.4 Å². The first kappa shape index (κ1) is 21.2. The van der Waals surface area contributed by atoms with Crippen LogP contribution >= 0.6 is 22.9 Å². The maximum absolute atomic E-state index is 12.9. The van der Waals surface area contributed by atoms with Crippen molar-refractivity contribution in [2.24, 2.45) is 0 Å². The van der Waals surface area contributed by atoms with Crippen molar-refractivity contribution in [1.82, 2.24) is 14.6 Å². The molecule has 5 rings (SSSR count). The Balaban J connectivity index is 1.43. The third-order valence-corrected chi connectivity index (χ3v) is 6.18. The Morgan fingerprint density at radius 1 is 1.03 bits per heavy atom. The van der Waals surface area contributed by atoms with Crippen LogP contribution in [0.1, 0.15) is 11.1 Å². The summed E-state index contributed by atoms with van der Waals surface area (Å²) in [4.78, 5) is 17.9. The summed E-state index contributed by atoms with van der Waals surface area (Å²) < 4.78 is 13.3. The molecule has 0 aliphatic rings. The molecule has 0 unspecified atom stereocenters. The Hall–Kier alpha value is -3.68. The van der Waals surface area contributed by atoms with Crippen LogP contribution in [0.4, 0.5) is 0 Å². The van der Waals surface area contributed by atoms with Crippen LogP contribution in [-0.2, 0) is 6.61 Å². The molecular weight excluding hydrogens is 458 g/mol. The van der Waals surface area contributed by atoms with Crippen LogP contribution in [-0.4, -0.2) is 21.7 Å². The molecule has 0 radical (unpaired) electrons. The Morgan fingerprint density at radius 3 is 2.64 bits per heavy atom. The molecule has 0 N–H and O–H groups in total. The van der Waals surface area contributed by atoms with E-state index in [-0.39, 0.29) is 5.56 Å². The number of thiazole rings is 1. The van der Waals surface area contributed by atoms with Gasteiger partial charge >= 0.3 is 0 Å². The average Bonchev–Trinajstić information content (AvgIpc) is 3.38. The lowest BCUT2D eigenvalue weighted by molar-refractivity contribution is 0.284. The quantitative estimate of drug-likeness (QED) is 0.359. The maximum atomic E-state index is 12.9. The van der Waals surface area contributed by atoms with Crippen LogP contribution in [0.3, 0.4) is 0 Å². The van der Waals surface area contributed by atoms with Crippen LogP contribution in [0.5, 0.6) is 11.5 Å². The summed E-state index contributed by atoms with van der Waals surface area (Å²) in [7, 11) is 1.59. The minimum Gasteiger partial charge on any atom is -0.493 e. The molecule has 5 aromatic rings. The first-order chi connectivity index (χ1) is 16.1. The van der Waals surface area contributed by atoms with Crippen molar-refractivity contribution in [3.05, 3.63) is 104 Å². The molecule has 33 heavy (non-hydrogen) atoms. The van der Waals surface area contributed by atoms with Gasteiger partial charge in [0.2, 0.25) is 4.96 Å². The molecule has 3 aromatic carbocycles. The number of ether oxygens (including phenoxy) is 2. The maximum Gasteiger partial charge on any atom is 0.291 e. The van der Waals surface area contributed by atoms with E-state index in [4.69, 9.17) is 21.1 Å². The van der Waals surface area contributed by atoms with Crippen molar-refractivity contribution >= 4 is 34.0 Å². The Labute approximate surface area is 198 Å². The van der Waals surface area contributed by atoms with Crippen molar-refractivity contribution in [1.29, 1.82) is 0 Å². The van der Waals surface area contributed by atoms with Crippen LogP contribution < -0.4 is 19.6 Å². The highest BCUT2D eigenvalue weighted by molar-refractivity contribution is 7.15. The van der Waals surface area contributed by atoms with E-state index in [1.54, 1.807) is 25.3 Å². The SMILES string of the molecule is COc1cc(/C=c2\sc3nc(-c4cccc(Cl)c4)nn3c2=O)ccc1OCc1ccccc1. The van der Waals surface area contributed by atoms with Gasteiger partial charge in [0.15, 0.2) is 17.3 Å². The van der Waals surface area contributed by atoms with Gasteiger partial charge in [-0.15, -0.1) is 5.10 Å². The predicted molar refractivity (Wildman–Crippen MR) is 130 cm³/mol. The molecule has 0 fully saturated rings. The molecule has 6 nitrogen and oxygen atoms in total. The number of methoxy groups -OCH3 is 1. The van der Waals surface area contributed by atoms with Gasteiger partial charge in [-0.3, -0.25) is 4.79 Å². The summed E-state index contributed by atoms with van der Waals surface area (Å²) in [6.45, 7) is 0.438. The monoisotopic (exact) mass is 475 g/mol. The molecule has 0 amide bonds. The van der Waals surface area contributed by atoms with Gasteiger partial charge in [-0.05, 0) is 41.5 Å². The standard InChI is InChI=1S/C25H18ClN3O3S/c1-31-21-12-17(10-11-20(21)32-15-16-6-3-2-4-7-16)13-22-24(30)29-25(33-22)27-23(28-29)18-8-5-9-19(26)14-18/h2-14H,15H2,1H3/b22-13-. The largest absolute Gasteiger partial charge is 0.493 e. The molecule has 0 saturated carbocycles. The molecule has 0 atom stereocenters. The number of halogens is 1. The van der Waals surface area contributed by atoms with E-state index < -0.39 is 0 Å². The molecule has 164 valence electrons. The second kappa shape index (κ2) is 9.05. The van der Waals surface area contributed by atoms with Crippen LogP contribution in [0.15, 0.2) is 77.6 Å². The zero-order valence-electron chi connectivity index (χ0n) is 17.6. The minimum absolute atomic E-state index is 0.223. The summed E-state index contributed by atoms with van der Waals surface area (Å²) in [5.41, 5.74) is 2.42. The fourth-order valence-electron chi connectivity index (χ4n) is 3.36. The number of aromatic nitrogens is 3. The lowest BCUT2D eigenvalue weighted by Gasteiger charge is -2.11. The number of fused-ring (bicyclic) bond motifs is 1. The Morgan fingerprint density at radius 2 is 1.88 bits per heavy atom. The molecule has 2 heterocycles. The van der Waals surface area contributed by atoms with Gasteiger partial charge in [-0.1, -0.05) is 71.5 Å². The highest BCUT2D eigenvalue weighted by Crippen LogP contribution is 2.29. The average molecular weight is 476 g/mol. The Kier molecular flexibility index (Phi) is 5.81. The summed E-state index contributed by atoms with van der Waals surface area (Å²) in [6.07, 6.45) is 1.80. The fraction of sp³-hybridized carbons (Fsp3) is 0.0800. The van der Waals surface area contributed by atoms with Crippen molar-refractivity contribution < 1.29 is 9.47 Å². The normalized spacial score (nSPS) is 11.8. The zero-order valence-corrected chi connectivity index (χ0v) is 19.1. The molecule has 8 heteroatoms. The third kappa shape index (κ3) is 4.46. The van der Waals surface area contributed by atoms with Crippen LogP contribution in [0.2, 0.25) is 5.02 Å². The number of nitrogens with zero attached hydrogens (tertiary/aromatic N) is 3.